The summed E-state index contributed by atoms with van der Waals surface area (Å²) in [7, 11) is 6.05. The molecule has 3 heteroatoms. The van der Waals surface area contributed by atoms with E-state index in [-0.39, 0.29) is 0 Å². The number of para-hydroxylation sites is 1. The molecule has 0 radical (unpaired) electrons. The first kappa shape index (κ1) is 12.7. The third-order valence-corrected chi connectivity index (χ3v) is 6.27. The normalized spacial score (nSPS) is 18.2. The second-order valence-corrected chi connectivity index (χ2v) is 7.05. The van der Waals surface area contributed by atoms with Crippen molar-refractivity contribution in [1.82, 2.24) is 0 Å². The molecule has 2 aromatic rings. The first-order valence-electron chi connectivity index (χ1n) is 6.37. The Kier molecular flexibility index (Phi) is 3.85. The minimum Gasteiger partial charge on any atom is -0.358 e. The van der Waals surface area contributed by atoms with Crippen molar-refractivity contribution in [2.45, 2.75) is 11.8 Å². The van der Waals surface area contributed by atoms with Crippen LogP contribution in [0.5, 0.6) is 0 Å². The topological polar surface area (TPSA) is 3.24 Å². The van der Waals surface area contributed by atoms with Gasteiger partial charge >= 0.3 is 0 Å². The summed E-state index contributed by atoms with van der Waals surface area (Å²) in [6.07, 6.45) is 1.12. The Morgan fingerprint density at radius 1 is 1.00 bits per heavy atom. The monoisotopic (exact) mass is 286 g/mol. The first-order chi connectivity index (χ1) is 9.34. The fraction of sp³-hybridized carbons (Fsp3) is 0.188. The second-order valence-electron chi connectivity index (χ2n) is 4.57. The van der Waals surface area contributed by atoms with Gasteiger partial charge in [0.25, 0.3) is 10.4 Å². The lowest BCUT2D eigenvalue weighted by Gasteiger charge is -2.22. The average Bonchev–Trinajstić information content (AvgIpc) is 2.98. The van der Waals surface area contributed by atoms with Gasteiger partial charge in [0.2, 0.25) is 15.7 Å². The maximum atomic E-state index is 2.37. The maximum Gasteiger partial charge on any atom is 0.267 e. The van der Waals surface area contributed by atoms with Crippen LogP contribution in [0.1, 0.15) is 12.0 Å². The third kappa shape index (κ3) is 2.82. The zero-order chi connectivity index (χ0) is 13.1. The van der Waals surface area contributed by atoms with E-state index in [1.165, 1.54) is 16.1 Å². The highest BCUT2D eigenvalue weighted by atomic mass is 33.1. The molecule has 0 saturated heterocycles. The highest BCUT2D eigenvalue weighted by Crippen LogP contribution is 2.30. The molecule has 0 spiro atoms. The Hall–Kier alpha value is -1.32. The van der Waals surface area contributed by atoms with Crippen molar-refractivity contribution in [2.75, 3.05) is 11.9 Å². The number of hydrogen-bond donors (Lipinski definition) is 0. The fourth-order valence-corrected chi connectivity index (χ4v) is 5.20. The number of benzene rings is 2. The Bertz CT molecular complexity index is 566. The molecule has 1 unspecified atom stereocenters. The summed E-state index contributed by atoms with van der Waals surface area (Å²) in [6.45, 7) is 0. The molecule has 0 saturated carbocycles. The molecule has 96 valence electrons. The van der Waals surface area contributed by atoms with E-state index in [9.17, 15) is 0 Å². The minimum absolute atomic E-state index is 0.516. The van der Waals surface area contributed by atoms with Crippen LogP contribution in [-0.4, -0.2) is 17.3 Å². The van der Waals surface area contributed by atoms with Crippen LogP contribution >= 0.6 is 10.8 Å². The first-order valence-corrected chi connectivity index (χ1v) is 8.58. The third-order valence-electron chi connectivity index (χ3n) is 3.31. The van der Waals surface area contributed by atoms with Crippen molar-refractivity contribution in [3.63, 3.8) is 0 Å². The van der Waals surface area contributed by atoms with Crippen molar-refractivity contribution < 1.29 is 0 Å². The molecule has 1 nitrogen and oxygen atoms in total. The Labute approximate surface area is 122 Å². The molecule has 19 heavy (non-hydrogen) atoms. The standard InChI is InChI=1S/C16H16NS2/c1-17(14-10-6-3-7-11-14)16-12-15(18-19-16)13-8-4-2-5-9-13/h2-11,16H,12H2,1H3/q+1. The molecule has 1 aliphatic heterocycles. The quantitative estimate of drug-likeness (QED) is 0.479. The molecule has 2 aromatic carbocycles. The van der Waals surface area contributed by atoms with Gasteiger partial charge in [-0.3, -0.25) is 0 Å². The van der Waals surface area contributed by atoms with E-state index < -0.39 is 0 Å². The lowest BCUT2D eigenvalue weighted by atomic mass is 10.1. The van der Waals surface area contributed by atoms with Gasteiger partial charge in [-0.1, -0.05) is 36.4 Å². The van der Waals surface area contributed by atoms with Crippen LogP contribution in [0.25, 0.3) is 0 Å². The lowest BCUT2D eigenvalue weighted by molar-refractivity contribution is 0.872. The summed E-state index contributed by atoms with van der Waals surface area (Å²) in [5.74, 6) is 0. The van der Waals surface area contributed by atoms with Gasteiger partial charge < -0.3 is 4.90 Å². The highest BCUT2D eigenvalue weighted by Gasteiger charge is 2.35. The van der Waals surface area contributed by atoms with Crippen LogP contribution in [-0.2, 0) is 10.4 Å². The van der Waals surface area contributed by atoms with Crippen LogP contribution in [0.3, 0.4) is 0 Å². The van der Waals surface area contributed by atoms with E-state index in [2.05, 4.69) is 72.6 Å². The molecule has 3 rings (SSSR count). The minimum atomic E-state index is 0.516. The van der Waals surface area contributed by atoms with E-state index in [0.717, 1.165) is 6.42 Å². The van der Waals surface area contributed by atoms with E-state index in [0.29, 0.717) is 5.37 Å². The summed E-state index contributed by atoms with van der Waals surface area (Å²) in [6, 6.07) is 21.3. The summed E-state index contributed by atoms with van der Waals surface area (Å²) in [5.41, 5.74) is 2.65. The maximum absolute atomic E-state index is 2.37. The van der Waals surface area contributed by atoms with Crippen LogP contribution in [0.4, 0.5) is 5.69 Å². The molecule has 1 atom stereocenters. The largest absolute Gasteiger partial charge is 0.358 e. The predicted octanol–water partition coefficient (Wildman–Crippen LogP) is 3.80. The van der Waals surface area contributed by atoms with Crippen molar-refractivity contribution in [2.24, 2.45) is 0 Å². The molecule has 1 heterocycles. The van der Waals surface area contributed by atoms with Crippen LogP contribution in [0.15, 0.2) is 60.7 Å². The van der Waals surface area contributed by atoms with Crippen LogP contribution < -0.4 is 4.90 Å². The lowest BCUT2D eigenvalue weighted by Crippen LogP contribution is -2.28. The van der Waals surface area contributed by atoms with Crippen molar-refractivity contribution in [1.29, 1.82) is 0 Å². The molecular formula is C16H16NS2+. The Morgan fingerprint density at radius 2 is 1.63 bits per heavy atom. The van der Waals surface area contributed by atoms with Gasteiger partial charge in [-0.25, -0.2) is 0 Å². The molecule has 0 aliphatic carbocycles. The Balaban J connectivity index is 1.72. The molecule has 0 N–H and O–H groups in total. The van der Waals surface area contributed by atoms with E-state index in [4.69, 9.17) is 0 Å². The van der Waals surface area contributed by atoms with Crippen molar-refractivity contribution in [3.8, 4) is 0 Å². The highest BCUT2D eigenvalue weighted by molar-refractivity contribution is 8.66. The SMILES string of the molecule is CN(c1ccccc1)C1CC(c2ccccc2)=[S+]S1. The van der Waals surface area contributed by atoms with Crippen LogP contribution in [0.2, 0.25) is 0 Å². The number of hydrogen-bond acceptors (Lipinski definition) is 2. The molecule has 1 aliphatic rings. The number of rotatable bonds is 3. The van der Waals surface area contributed by atoms with E-state index >= 15 is 0 Å². The summed E-state index contributed by atoms with van der Waals surface area (Å²) in [4.78, 5) is 3.85. The van der Waals surface area contributed by atoms with Gasteiger partial charge in [0.15, 0.2) is 0 Å². The smallest absolute Gasteiger partial charge is 0.267 e. The van der Waals surface area contributed by atoms with Crippen molar-refractivity contribution in [3.05, 3.63) is 66.2 Å². The predicted molar refractivity (Wildman–Crippen MR) is 88.8 cm³/mol. The van der Waals surface area contributed by atoms with Gasteiger partial charge in [-0.15, -0.1) is 0 Å². The van der Waals surface area contributed by atoms with Gasteiger partial charge in [-0.05, 0) is 24.3 Å². The summed E-state index contributed by atoms with van der Waals surface area (Å²) < 4.78 is 0. The van der Waals surface area contributed by atoms with E-state index in [1.807, 2.05) is 21.2 Å². The zero-order valence-corrected chi connectivity index (χ0v) is 12.5. The summed E-state index contributed by atoms with van der Waals surface area (Å²) >= 11 is 0. The molecule has 0 amide bonds. The zero-order valence-electron chi connectivity index (χ0n) is 10.8. The van der Waals surface area contributed by atoms with Gasteiger partial charge in [-0.2, -0.15) is 0 Å². The molecule has 0 bridgehead atoms. The van der Waals surface area contributed by atoms with Gasteiger partial charge in [0, 0.05) is 18.3 Å². The molecular weight excluding hydrogens is 270 g/mol. The van der Waals surface area contributed by atoms with Gasteiger partial charge in [0.1, 0.15) is 5.37 Å². The fourth-order valence-electron chi connectivity index (χ4n) is 2.16. The van der Waals surface area contributed by atoms with E-state index in [1.54, 1.807) is 0 Å². The molecule has 0 aromatic heterocycles. The van der Waals surface area contributed by atoms with Crippen molar-refractivity contribution >= 4 is 31.7 Å². The van der Waals surface area contributed by atoms with Crippen LogP contribution in [0, 0.1) is 0 Å². The average molecular weight is 286 g/mol. The summed E-state index contributed by atoms with van der Waals surface area (Å²) in [5, 5.41) is 0.516. The number of nitrogens with zero attached hydrogens (tertiary/aromatic N) is 1. The van der Waals surface area contributed by atoms with Gasteiger partial charge in [0.05, 0.1) is 6.42 Å². The molecule has 0 fully saturated rings. The Morgan fingerprint density at radius 3 is 2.32 bits per heavy atom. The number of anilines is 1. The second kappa shape index (κ2) is 5.76.